The quantitative estimate of drug-likeness (QED) is 0.584. The first-order valence-electron chi connectivity index (χ1n) is 8.97. The Hall–Kier alpha value is -1.81. The molecule has 0 aromatic heterocycles. The van der Waals surface area contributed by atoms with Gasteiger partial charge in [0.2, 0.25) is 0 Å². The van der Waals surface area contributed by atoms with Gasteiger partial charge in [0.05, 0.1) is 25.6 Å². The molecule has 4 heteroatoms. The number of quaternary nitrogens is 1. The molecule has 0 unspecified atom stereocenters. The monoisotopic (exact) mass is 332 g/mol. The summed E-state index contributed by atoms with van der Waals surface area (Å²) in [5, 5.41) is 0. The smallest absolute Gasteiger partial charge is 0.309 e. The predicted octanol–water partition coefficient (Wildman–Crippen LogP) is 1.96. The van der Waals surface area contributed by atoms with Gasteiger partial charge in [0, 0.05) is 12.8 Å². The summed E-state index contributed by atoms with van der Waals surface area (Å²) in [7, 11) is 0. The molecule has 0 amide bonds. The number of esters is 1. The van der Waals surface area contributed by atoms with E-state index in [1.165, 1.54) is 16.0 Å². The fraction of sp³-hybridized carbons (Fsp3) is 0.550. The molecule has 1 fully saturated rings. The summed E-state index contributed by atoms with van der Waals surface area (Å²) in [6, 6.07) is 6.30. The number of aryl methyl sites for hydroxylation is 1. The van der Waals surface area contributed by atoms with Crippen LogP contribution in [0.4, 0.5) is 0 Å². The van der Waals surface area contributed by atoms with E-state index in [9.17, 15) is 4.79 Å². The lowest BCUT2D eigenvalue weighted by Crippen LogP contribution is -3.13. The van der Waals surface area contributed by atoms with Crippen molar-refractivity contribution in [3.8, 4) is 5.75 Å². The molecule has 0 saturated carbocycles. The van der Waals surface area contributed by atoms with Crippen LogP contribution in [0, 0.1) is 12.8 Å². The highest BCUT2D eigenvalue weighted by atomic mass is 16.5. The zero-order valence-corrected chi connectivity index (χ0v) is 15.0. The number of likely N-dealkylation sites (tertiary alicyclic amines) is 1. The second-order valence-electron chi connectivity index (χ2n) is 6.48. The van der Waals surface area contributed by atoms with Crippen molar-refractivity contribution >= 4 is 5.97 Å². The number of benzene rings is 1. The number of piperidine rings is 1. The summed E-state index contributed by atoms with van der Waals surface area (Å²) in [6.07, 6.45) is 4.57. The number of allylic oxidation sites excluding steroid dienone is 1. The van der Waals surface area contributed by atoms with Crippen molar-refractivity contribution < 1.29 is 19.2 Å². The molecule has 0 radical (unpaired) electrons. The lowest BCUT2D eigenvalue weighted by Gasteiger charge is -2.28. The van der Waals surface area contributed by atoms with E-state index in [-0.39, 0.29) is 11.9 Å². The SMILES string of the molecule is C=CCc1cc(C)ccc1OCC[NH+]1CCC(C(=O)OCC)CC1. The van der Waals surface area contributed by atoms with Crippen LogP contribution < -0.4 is 9.64 Å². The van der Waals surface area contributed by atoms with Gasteiger partial charge >= 0.3 is 5.97 Å². The molecular formula is C20H30NO3+. The largest absolute Gasteiger partial charge is 0.487 e. The average molecular weight is 332 g/mol. The Labute approximate surface area is 145 Å². The van der Waals surface area contributed by atoms with Crippen molar-refractivity contribution in [1.29, 1.82) is 0 Å². The summed E-state index contributed by atoms with van der Waals surface area (Å²) in [5.74, 6) is 1.02. The van der Waals surface area contributed by atoms with Crippen LogP contribution >= 0.6 is 0 Å². The first-order valence-corrected chi connectivity index (χ1v) is 8.97. The maximum absolute atomic E-state index is 11.8. The maximum atomic E-state index is 11.8. The van der Waals surface area contributed by atoms with E-state index >= 15 is 0 Å². The Balaban J connectivity index is 1.76. The highest BCUT2D eigenvalue weighted by Crippen LogP contribution is 2.20. The topological polar surface area (TPSA) is 40.0 Å². The Kier molecular flexibility index (Phi) is 7.32. The Morgan fingerprint density at radius 1 is 1.38 bits per heavy atom. The summed E-state index contributed by atoms with van der Waals surface area (Å²) in [4.78, 5) is 13.3. The normalized spacial score (nSPS) is 20.4. The second kappa shape index (κ2) is 9.48. The van der Waals surface area contributed by atoms with E-state index in [1.54, 1.807) is 0 Å². The number of hydrogen-bond acceptors (Lipinski definition) is 3. The van der Waals surface area contributed by atoms with Crippen LogP contribution in [-0.4, -0.2) is 38.8 Å². The molecule has 1 aliphatic heterocycles. The molecule has 1 aliphatic rings. The molecule has 0 bridgehead atoms. The zero-order chi connectivity index (χ0) is 17.4. The molecule has 2 rings (SSSR count). The van der Waals surface area contributed by atoms with Crippen molar-refractivity contribution in [2.24, 2.45) is 5.92 Å². The van der Waals surface area contributed by atoms with E-state index in [1.807, 2.05) is 13.0 Å². The van der Waals surface area contributed by atoms with Crippen LogP contribution in [0.3, 0.4) is 0 Å². The minimum atomic E-state index is -0.0264. The molecule has 1 saturated heterocycles. The fourth-order valence-corrected chi connectivity index (χ4v) is 3.24. The lowest BCUT2D eigenvalue weighted by atomic mass is 9.97. The summed E-state index contributed by atoms with van der Waals surface area (Å²) in [5.41, 5.74) is 2.44. The van der Waals surface area contributed by atoms with Crippen LogP contribution in [-0.2, 0) is 16.0 Å². The van der Waals surface area contributed by atoms with Crippen LogP contribution in [0.1, 0.15) is 30.9 Å². The summed E-state index contributed by atoms with van der Waals surface area (Å²) < 4.78 is 11.1. The number of rotatable bonds is 8. The zero-order valence-electron chi connectivity index (χ0n) is 15.0. The predicted molar refractivity (Wildman–Crippen MR) is 95.5 cm³/mol. The molecular weight excluding hydrogens is 302 g/mol. The molecule has 4 nitrogen and oxygen atoms in total. The number of nitrogens with one attached hydrogen (secondary N) is 1. The van der Waals surface area contributed by atoms with Crippen molar-refractivity contribution in [3.63, 3.8) is 0 Å². The van der Waals surface area contributed by atoms with Gasteiger partial charge in [-0.05, 0) is 31.9 Å². The van der Waals surface area contributed by atoms with Crippen LogP contribution in [0.5, 0.6) is 5.75 Å². The van der Waals surface area contributed by atoms with E-state index in [0.717, 1.165) is 44.6 Å². The van der Waals surface area contributed by atoms with E-state index in [2.05, 4.69) is 31.7 Å². The van der Waals surface area contributed by atoms with Gasteiger partial charge < -0.3 is 14.4 Å². The van der Waals surface area contributed by atoms with Gasteiger partial charge in [-0.3, -0.25) is 4.79 Å². The Bertz CT molecular complexity index is 548. The van der Waals surface area contributed by atoms with E-state index in [0.29, 0.717) is 13.2 Å². The first kappa shape index (κ1) is 18.5. The highest BCUT2D eigenvalue weighted by Gasteiger charge is 2.28. The van der Waals surface area contributed by atoms with Gasteiger partial charge in [0.25, 0.3) is 0 Å². The van der Waals surface area contributed by atoms with Gasteiger partial charge in [0.1, 0.15) is 18.9 Å². The average Bonchev–Trinajstić information content (AvgIpc) is 2.58. The second-order valence-corrected chi connectivity index (χ2v) is 6.48. The molecule has 1 aromatic carbocycles. The standard InChI is InChI=1S/C20H29NO3/c1-4-6-18-15-16(3)7-8-19(18)24-14-13-21-11-9-17(10-12-21)20(22)23-5-2/h4,7-8,15,17H,1,5-6,9-14H2,2-3H3/p+1. The third-order valence-electron chi connectivity index (χ3n) is 4.61. The minimum absolute atomic E-state index is 0.0264. The Morgan fingerprint density at radius 3 is 2.79 bits per heavy atom. The first-order chi connectivity index (χ1) is 11.6. The molecule has 132 valence electrons. The van der Waals surface area contributed by atoms with Crippen molar-refractivity contribution in [2.45, 2.75) is 33.1 Å². The van der Waals surface area contributed by atoms with Gasteiger partial charge in [0.15, 0.2) is 0 Å². The molecule has 0 atom stereocenters. The van der Waals surface area contributed by atoms with Gasteiger partial charge in [-0.15, -0.1) is 6.58 Å². The number of hydrogen-bond donors (Lipinski definition) is 1. The number of ether oxygens (including phenoxy) is 2. The van der Waals surface area contributed by atoms with Gasteiger partial charge in [-0.2, -0.15) is 0 Å². The summed E-state index contributed by atoms with van der Waals surface area (Å²) >= 11 is 0. The molecule has 1 N–H and O–H groups in total. The maximum Gasteiger partial charge on any atom is 0.309 e. The Morgan fingerprint density at radius 2 is 2.12 bits per heavy atom. The molecule has 0 spiro atoms. The third kappa shape index (κ3) is 5.38. The molecule has 1 aromatic rings. The minimum Gasteiger partial charge on any atom is -0.487 e. The van der Waals surface area contributed by atoms with Gasteiger partial charge in [-0.25, -0.2) is 0 Å². The van der Waals surface area contributed by atoms with E-state index < -0.39 is 0 Å². The van der Waals surface area contributed by atoms with Crippen LogP contribution in [0.2, 0.25) is 0 Å². The number of carbonyl (C=O) groups excluding carboxylic acids is 1. The van der Waals surface area contributed by atoms with Crippen molar-refractivity contribution in [1.82, 2.24) is 0 Å². The molecule has 0 aliphatic carbocycles. The van der Waals surface area contributed by atoms with Crippen molar-refractivity contribution in [3.05, 3.63) is 42.0 Å². The van der Waals surface area contributed by atoms with E-state index in [4.69, 9.17) is 9.47 Å². The highest BCUT2D eigenvalue weighted by molar-refractivity contribution is 5.72. The number of carbonyl (C=O) groups is 1. The van der Waals surface area contributed by atoms with Crippen LogP contribution in [0.25, 0.3) is 0 Å². The van der Waals surface area contributed by atoms with Gasteiger partial charge in [-0.1, -0.05) is 23.8 Å². The molecule has 24 heavy (non-hydrogen) atoms. The fourth-order valence-electron chi connectivity index (χ4n) is 3.24. The van der Waals surface area contributed by atoms with Crippen molar-refractivity contribution in [2.75, 3.05) is 32.8 Å². The molecule has 1 heterocycles. The summed E-state index contributed by atoms with van der Waals surface area (Å²) in [6.45, 7) is 11.9. The lowest BCUT2D eigenvalue weighted by molar-refractivity contribution is -0.905. The van der Waals surface area contributed by atoms with Crippen LogP contribution in [0.15, 0.2) is 30.9 Å². The third-order valence-corrected chi connectivity index (χ3v) is 4.61.